The molecule has 0 aromatic heterocycles. The molecule has 1 N–H and O–H groups in total. The molecule has 0 saturated heterocycles. The molecule has 0 unspecified atom stereocenters. The van der Waals surface area contributed by atoms with Crippen LogP contribution in [-0.2, 0) is 14.8 Å². The van der Waals surface area contributed by atoms with E-state index in [9.17, 15) is 18.0 Å². The van der Waals surface area contributed by atoms with E-state index >= 15 is 0 Å². The Morgan fingerprint density at radius 3 is 2.32 bits per heavy atom. The van der Waals surface area contributed by atoms with Crippen LogP contribution < -0.4 is 5.32 Å². The number of halogens is 1. The summed E-state index contributed by atoms with van der Waals surface area (Å²) in [4.78, 5) is 23.5. The Labute approximate surface area is 170 Å². The smallest absolute Gasteiger partial charge is 0.242 e. The minimum Gasteiger partial charge on any atom is -0.325 e. The number of hydrogen-bond donors (Lipinski definition) is 1. The molecule has 0 atom stereocenters. The quantitative estimate of drug-likeness (QED) is 0.654. The van der Waals surface area contributed by atoms with Gasteiger partial charge < -0.3 is 5.32 Å². The summed E-state index contributed by atoms with van der Waals surface area (Å²) in [6.45, 7) is 3.51. The van der Waals surface area contributed by atoms with Crippen LogP contribution in [0.2, 0.25) is 5.02 Å². The highest BCUT2D eigenvalue weighted by Gasteiger charge is 2.20. The van der Waals surface area contributed by atoms with E-state index in [0.717, 1.165) is 5.56 Å². The van der Waals surface area contributed by atoms with E-state index < -0.39 is 10.0 Å². The van der Waals surface area contributed by atoms with Crippen molar-refractivity contribution in [2.75, 3.05) is 18.9 Å². The molecule has 0 bridgehead atoms. The number of nitrogens with one attached hydrogen (secondary N) is 1. The van der Waals surface area contributed by atoms with E-state index in [4.69, 9.17) is 11.6 Å². The molecule has 150 valence electrons. The molecule has 0 fully saturated rings. The van der Waals surface area contributed by atoms with Crippen LogP contribution in [-0.4, -0.2) is 38.0 Å². The van der Waals surface area contributed by atoms with E-state index in [2.05, 4.69) is 5.32 Å². The number of ketones is 1. The van der Waals surface area contributed by atoms with E-state index in [1.165, 1.54) is 42.5 Å². The van der Waals surface area contributed by atoms with Gasteiger partial charge in [-0.1, -0.05) is 29.8 Å². The Balaban J connectivity index is 1.90. The molecule has 8 heteroatoms. The van der Waals surface area contributed by atoms with Gasteiger partial charge in [0.1, 0.15) is 0 Å². The third-order valence-corrected chi connectivity index (χ3v) is 6.43. The molecule has 0 aliphatic carbocycles. The first-order valence-electron chi connectivity index (χ1n) is 8.74. The Kier molecular flexibility index (Phi) is 7.35. The zero-order valence-corrected chi connectivity index (χ0v) is 17.6. The van der Waals surface area contributed by atoms with Gasteiger partial charge in [-0.25, -0.2) is 12.7 Å². The number of nitrogens with zero attached hydrogens (tertiary/aromatic N) is 1. The first kappa shape index (κ1) is 22.1. The van der Waals surface area contributed by atoms with Gasteiger partial charge in [0.2, 0.25) is 15.9 Å². The van der Waals surface area contributed by atoms with Crippen molar-refractivity contribution in [3.05, 3.63) is 58.6 Å². The largest absolute Gasteiger partial charge is 0.325 e. The predicted molar refractivity (Wildman–Crippen MR) is 110 cm³/mol. The molecule has 0 aliphatic heterocycles. The molecule has 0 radical (unpaired) electrons. The second-order valence-electron chi connectivity index (χ2n) is 6.54. The summed E-state index contributed by atoms with van der Waals surface area (Å²) in [5.41, 5.74) is 1.98. The fourth-order valence-corrected chi connectivity index (χ4v) is 4.05. The zero-order chi connectivity index (χ0) is 20.9. The van der Waals surface area contributed by atoms with Crippen LogP contribution in [0.4, 0.5) is 5.69 Å². The number of rotatable bonds is 8. The van der Waals surface area contributed by atoms with Gasteiger partial charge in [-0.15, -0.1) is 0 Å². The van der Waals surface area contributed by atoms with Crippen LogP contribution in [0.3, 0.4) is 0 Å². The third kappa shape index (κ3) is 5.64. The highest BCUT2D eigenvalue weighted by molar-refractivity contribution is 7.89. The fourth-order valence-electron chi connectivity index (χ4n) is 2.56. The average molecular weight is 423 g/mol. The average Bonchev–Trinajstić information content (AvgIpc) is 2.64. The van der Waals surface area contributed by atoms with Crippen LogP contribution >= 0.6 is 11.6 Å². The van der Waals surface area contributed by atoms with Crippen LogP contribution in [0.5, 0.6) is 0 Å². The molecule has 28 heavy (non-hydrogen) atoms. The van der Waals surface area contributed by atoms with Crippen molar-refractivity contribution in [3.63, 3.8) is 0 Å². The lowest BCUT2D eigenvalue weighted by molar-refractivity contribution is -0.116. The number of anilines is 1. The van der Waals surface area contributed by atoms with Crippen LogP contribution in [0, 0.1) is 6.92 Å². The summed E-state index contributed by atoms with van der Waals surface area (Å²) < 4.78 is 26.4. The standard InChI is InChI=1S/C20H23ClN2O4S/c1-14-6-11-19(18(21)13-14)22-20(25)5-4-12-23(3)28(26,27)17-9-7-16(8-10-17)15(2)24/h6-11,13H,4-5,12H2,1-3H3,(H,22,25). The molecule has 0 aliphatic rings. The molecular weight excluding hydrogens is 400 g/mol. The summed E-state index contributed by atoms with van der Waals surface area (Å²) in [6, 6.07) is 11.1. The van der Waals surface area contributed by atoms with E-state index in [0.29, 0.717) is 22.7 Å². The van der Waals surface area contributed by atoms with Crippen molar-refractivity contribution >= 4 is 39.0 Å². The number of Topliss-reactive ketones (excluding diaryl/α,β-unsaturated/α-hetero) is 1. The third-order valence-electron chi connectivity index (χ3n) is 4.24. The molecule has 0 heterocycles. The van der Waals surface area contributed by atoms with E-state index in [1.54, 1.807) is 12.1 Å². The predicted octanol–water partition coefficient (Wildman–Crippen LogP) is 3.89. The maximum atomic E-state index is 12.6. The molecule has 6 nitrogen and oxygen atoms in total. The van der Waals surface area contributed by atoms with Crippen molar-refractivity contribution in [2.45, 2.75) is 31.6 Å². The number of sulfonamides is 1. The lowest BCUT2D eigenvalue weighted by Gasteiger charge is -2.17. The number of aryl methyl sites for hydroxylation is 1. The number of hydrogen-bond acceptors (Lipinski definition) is 4. The topological polar surface area (TPSA) is 83.6 Å². The second kappa shape index (κ2) is 9.32. The maximum absolute atomic E-state index is 12.6. The van der Waals surface area contributed by atoms with Crippen LogP contribution in [0.15, 0.2) is 47.4 Å². The summed E-state index contributed by atoms with van der Waals surface area (Å²) in [5, 5.41) is 3.19. The minimum atomic E-state index is -3.68. The fraction of sp³-hybridized carbons (Fsp3) is 0.300. The lowest BCUT2D eigenvalue weighted by Crippen LogP contribution is -2.28. The number of carbonyl (C=O) groups is 2. The van der Waals surface area contributed by atoms with Crippen LogP contribution in [0.1, 0.15) is 35.7 Å². The minimum absolute atomic E-state index is 0.107. The molecule has 0 saturated carbocycles. The number of benzene rings is 2. The Bertz CT molecular complexity index is 972. The lowest BCUT2D eigenvalue weighted by atomic mass is 10.2. The normalized spacial score (nSPS) is 11.5. The van der Waals surface area contributed by atoms with Crippen molar-refractivity contribution in [1.29, 1.82) is 0 Å². The highest BCUT2D eigenvalue weighted by Crippen LogP contribution is 2.23. The van der Waals surface area contributed by atoms with Crippen molar-refractivity contribution < 1.29 is 18.0 Å². The summed E-state index contributed by atoms with van der Waals surface area (Å²) >= 11 is 6.09. The summed E-state index contributed by atoms with van der Waals surface area (Å²) in [5.74, 6) is -0.362. The summed E-state index contributed by atoms with van der Waals surface area (Å²) in [6.07, 6.45) is 0.518. The van der Waals surface area contributed by atoms with Gasteiger partial charge >= 0.3 is 0 Å². The number of carbonyl (C=O) groups excluding carboxylic acids is 2. The molecule has 2 aromatic rings. The second-order valence-corrected chi connectivity index (χ2v) is 8.99. The van der Waals surface area contributed by atoms with Gasteiger partial charge in [-0.3, -0.25) is 9.59 Å². The van der Waals surface area contributed by atoms with Gasteiger partial charge in [-0.2, -0.15) is 0 Å². The van der Waals surface area contributed by atoms with E-state index in [-0.39, 0.29) is 29.6 Å². The van der Waals surface area contributed by atoms with Gasteiger partial charge in [0.15, 0.2) is 5.78 Å². The molecule has 0 spiro atoms. The van der Waals surface area contributed by atoms with Crippen molar-refractivity contribution in [2.24, 2.45) is 0 Å². The number of amides is 1. The highest BCUT2D eigenvalue weighted by atomic mass is 35.5. The Morgan fingerprint density at radius 2 is 1.75 bits per heavy atom. The molecular formula is C20H23ClN2O4S. The van der Waals surface area contributed by atoms with Gasteiger partial charge in [-0.05, 0) is 50.1 Å². The first-order chi connectivity index (χ1) is 13.1. The van der Waals surface area contributed by atoms with Crippen LogP contribution in [0.25, 0.3) is 0 Å². The Hall–Kier alpha value is -2.22. The monoisotopic (exact) mass is 422 g/mol. The SMILES string of the molecule is CC(=O)c1ccc(S(=O)(=O)N(C)CCCC(=O)Nc2ccc(C)cc2Cl)cc1. The van der Waals surface area contributed by atoms with Crippen molar-refractivity contribution in [3.8, 4) is 0 Å². The first-order valence-corrected chi connectivity index (χ1v) is 10.6. The van der Waals surface area contributed by atoms with Gasteiger partial charge in [0, 0.05) is 25.6 Å². The van der Waals surface area contributed by atoms with Crippen molar-refractivity contribution in [1.82, 2.24) is 4.31 Å². The Morgan fingerprint density at radius 1 is 1.11 bits per heavy atom. The molecule has 2 aromatic carbocycles. The maximum Gasteiger partial charge on any atom is 0.242 e. The summed E-state index contributed by atoms with van der Waals surface area (Å²) in [7, 11) is -2.22. The molecule has 2 rings (SSSR count). The van der Waals surface area contributed by atoms with E-state index in [1.807, 2.05) is 13.0 Å². The van der Waals surface area contributed by atoms with Gasteiger partial charge in [0.25, 0.3) is 0 Å². The zero-order valence-electron chi connectivity index (χ0n) is 16.0. The van der Waals surface area contributed by atoms with Gasteiger partial charge in [0.05, 0.1) is 15.6 Å². The molecule has 1 amide bonds.